The molecule has 1 aromatic heterocycles. The van der Waals surface area contributed by atoms with Gasteiger partial charge in [0.1, 0.15) is 11.8 Å². The van der Waals surface area contributed by atoms with E-state index < -0.39 is 6.03 Å². The lowest BCUT2D eigenvalue weighted by atomic mass is 10.1. The Hall–Kier alpha value is -2.67. The molecule has 0 bridgehead atoms. The number of amides is 2. The maximum atomic E-state index is 11.1. The molecule has 2 aliphatic heterocycles. The highest BCUT2D eigenvalue weighted by Gasteiger charge is 2.20. The summed E-state index contributed by atoms with van der Waals surface area (Å²) in [5.74, 6) is 0.768. The summed E-state index contributed by atoms with van der Waals surface area (Å²) in [5, 5.41) is 12.3. The van der Waals surface area contributed by atoms with Gasteiger partial charge in [-0.1, -0.05) is 23.3 Å². The lowest BCUT2D eigenvalue weighted by Crippen LogP contribution is -2.20. The minimum absolute atomic E-state index is 0.0972. The van der Waals surface area contributed by atoms with Crippen LogP contribution in [-0.2, 0) is 0 Å². The van der Waals surface area contributed by atoms with Crippen molar-refractivity contribution in [1.82, 2.24) is 10.3 Å². The Morgan fingerprint density at radius 1 is 1.23 bits per heavy atom. The van der Waals surface area contributed by atoms with Crippen LogP contribution in [0.5, 0.6) is 5.88 Å². The highest BCUT2D eigenvalue weighted by atomic mass is 16.5. The smallest absolute Gasteiger partial charge is 0.387 e. The van der Waals surface area contributed by atoms with Crippen molar-refractivity contribution < 1.29 is 9.53 Å². The van der Waals surface area contributed by atoms with Crippen molar-refractivity contribution in [1.29, 1.82) is 0 Å². The first-order valence-corrected chi connectivity index (χ1v) is 7.11. The molecule has 1 fully saturated rings. The number of amidine groups is 1. The fraction of sp³-hybridized carbons (Fsp3) is 0.267. The minimum Gasteiger partial charge on any atom is -0.472 e. The van der Waals surface area contributed by atoms with E-state index in [9.17, 15) is 4.79 Å². The standard InChI is InChI=1S/C15H13N5O2/c21-15-18-13(19-20-15)12-7-9-3-1-2-4-11(9)14(17-12)22-10-5-6-16-8-10/h1-4,7,10,16H,5-6,8H2/t10-/m0/s1. The second-order valence-corrected chi connectivity index (χ2v) is 5.18. The summed E-state index contributed by atoms with van der Waals surface area (Å²) in [4.78, 5) is 19.4. The summed E-state index contributed by atoms with van der Waals surface area (Å²) in [7, 11) is 0. The summed E-state index contributed by atoms with van der Waals surface area (Å²) >= 11 is 0. The number of carbonyl (C=O) groups is 1. The van der Waals surface area contributed by atoms with Gasteiger partial charge in [-0.05, 0) is 30.5 Å². The summed E-state index contributed by atoms with van der Waals surface area (Å²) in [6.07, 6.45) is 1.04. The fourth-order valence-electron chi connectivity index (χ4n) is 2.59. The first-order chi connectivity index (χ1) is 10.8. The number of aliphatic imine (C=N–C) groups is 1. The van der Waals surface area contributed by atoms with Crippen molar-refractivity contribution in [2.45, 2.75) is 12.5 Å². The van der Waals surface area contributed by atoms with Gasteiger partial charge in [0.05, 0.1) is 0 Å². The molecule has 4 rings (SSSR count). The molecule has 7 nitrogen and oxygen atoms in total. The lowest BCUT2D eigenvalue weighted by Gasteiger charge is -2.14. The number of carbonyl (C=O) groups excluding carboxylic acids is 1. The Morgan fingerprint density at radius 2 is 2.14 bits per heavy atom. The largest absolute Gasteiger partial charge is 0.472 e. The highest BCUT2D eigenvalue weighted by Crippen LogP contribution is 2.27. The number of hydrogen-bond donors (Lipinski definition) is 1. The lowest BCUT2D eigenvalue weighted by molar-refractivity contribution is 0.217. The normalized spacial score (nSPS) is 20.6. The van der Waals surface area contributed by atoms with Gasteiger partial charge in [0.25, 0.3) is 0 Å². The molecular formula is C15H13N5O2. The van der Waals surface area contributed by atoms with Crippen LogP contribution in [0.2, 0.25) is 0 Å². The van der Waals surface area contributed by atoms with Gasteiger partial charge in [-0.2, -0.15) is 4.99 Å². The van der Waals surface area contributed by atoms with Crippen molar-refractivity contribution in [2.24, 2.45) is 15.2 Å². The Bertz CT molecular complexity index is 809. The van der Waals surface area contributed by atoms with E-state index in [1.165, 1.54) is 0 Å². The highest BCUT2D eigenvalue weighted by molar-refractivity contribution is 6.09. The zero-order chi connectivity index (χ0) is 14.9. The molecule has 0 unspecified atom stereocenters. The third-order valence-corrected chi connectivity index (χ3v) is 3.66. The molecule has 1 aromatic carbocycles. The van der Waals surface area contributed by atoms with Crippen LogP contribution in [0.1, 0.15) is 12.1 Å². The molecule has 110 valence electrons. The third kappa shape index (κ3) is 2.35. The van der Waals surface area contributed by atoms with Crippen LogP contribution in [0.4, 0.5) is 4.79 Å². The van der Waals surface area contributed by atoms with Gasteiger partial charge in [-0.3, -0.25) is 0 Å². The number of pyridine rings is 1. The van der Waals surface area contributed by atoms with Crippen LogP contribution in [0.3, 0.4) is 0 Å². The molecule has 2 amide bonds. The van der Waals surface area contributed by atoms with E-state index in [-0.39, 0.29) is 11.9 Å². The monoisotopic (exact) mass is 295 g/mol. The van der Waals surface area contributed by atoms with E-state index >= 15 is 0 Å². The Balaban J connectivity index is 1.80. The zero-order valence-electron chi connectivity index (χ0n) is 11.7. The minimum atomic E-state index is -0.604. The first-order valence-electron chi connectivity index (χ1n) is 7.11. The van der Waals surface area contributed by atoms with Crippen LogP contribution >= 0.6 is 0 Å². The predicted octanol–water partition coefficient (Wildman–Crippen LogP) is 2.31. The topological polar surface area (TPSA) is 88.3 Å². The summed E-state index contributed by atoms with van der Waals surface area (Å²) in [6, 6.07) is 9.05. The van der Waals surface area contributed by atoms with Gasteiger partial charge >= 0.3 is 6.03 Å². The van der Waals surface area contributed by atoms with Gasteiger partial charge in [-0.15, -0.1) is 5.11 Å². The fourth-order valence-corrected chi connectivity index (χ4v) is 2.59. The van der Waals surface area contributed by atoms with Crippen molar-refractivity contribution in [3.8, 4) is 5.88 Å². The number of fused-ring (bicyclic) bond motifs is 1. The molecule has 0 radical (unpaired) electrons. The van der Waals surface area contributed by atoms with Gasteiger partial charge in [0.2, 0.25) is 11.7 Å². The molecule has 3 heterocycles. The first kappa shape index (κ1) is 13.0. The van der Waals surface area contributed by atoms with Crippen LogP contribution in [0.15, 0.2) is 45.6 Å². The van der Waals surface area contributed by atoms with E-state index in [0.29, 0.717) is 11.6 Å². The molecule has 7 heteroatoms. The number of ether oxygens (including phenoxy) is 1. The maximum absolute atomic E-state index is 11.1. The van der Waals surface area contributed by atoms with Crippen LogP contribution in [0.25, 0.3) is 10.8 Å². The number of nitrogens with zero attached hydrogens (tertiary/aromatic N) is 4. The van der Waals surface area contributed by atoms with Crippen molar-refractivity contribution >= 4 is 22.6 Å². The molecule has 2 aromatic rings. The maximum Gasteiger partial charge on any atom is 0.387 e. The number of rotatable bonds is 3. The quantitative estimate of drug-likeness (QED) is 0.941. The summed E-state index contributed by atoms with van der Waals surface area (Å²) in [5.41, 5.74) is 0.495. The number of nitrogens with one attached hydrogen (secondary N) is 1. The SMILES string of the molecule is O=C1N=NC(c2cc3ccccc3c(O[C@H]3CCNC3)n2)=N1. The number of urea groups is 1. The summed E-state index contributed by atoms with van der Waals surface area (Å²) in [6.45, 7) is 1.75. The molecule has 0 aliphatic carbocycles. The van der Waals surface area contributed by atoms with Crippen LogP contribution < -0.4 is 10.1 Å². The van der Waals surface area contributed by atoms with Crippen molar-refractivity contribution in [3.63, 3.8) is 0 Å². The molecular weight excluding hydrogens is 282 g/mol. The van der Waals surface area contributed by atoms with Gasteiger partial charge in [0.15, 0.2) is 0 Å². The second-order valence-electron chi connectivity index (χ2n) is 5.18. The molecule has 1 atom stereocenters. The van der Waals surface area contributed by atoms with E-state index in [0.717, 1.165) is 30.3 Å². The number of benzene rings is 1. The Morgan fingerprint density at radius 3 is 2.91 bits per heavy atom. The molecule has 0 saturated carbocycles. The number of hydrogen-bond acceptors (Lipinski definition) is 5. The second kappa shape index (κ2) is 5.27. The average molecular weight is 295 g/mol. The van der Waals surface area contributed by atoms with E-state index in [4.69, 9.17) is 4.74 Å². The van der Waals surface area contributed by atoms with Crippen molar-refractivity contribution in [2.75, 3.05) is 13.1 Å². The van der Waals surface area contributed by atoms with Gasteiger partial charge in [0, 0.05) is 11.9 Å². The van der Waals surface area contributed by atoms with E-state index in [1.54, 1.807) is 0 Å². The molecule has 1 N–H and O–H groups in total. The predicted molar refractivity (Wildman–Crippen MR) is 80.4 cm³/mol. The van der Waals surface area contributed by atoms with Crippen LogP contribution in [-0.4, -0.2) is 36.0 Å². The molecule has 2 aliphatic rings. The van der Waals surface area contributed by atoms with E-state index in [1.807, 2.05) is 30.3 Å². The van der Waals surface area contributed by atoms with Crippen molar-refractivity contribution in [3.05, 3.63) is 36.0 Å². The number of aromatic nitrogens is 1. The molecule has 22 heavy (non-hydrogen) atoms. The van der Waals surface area contributed by atoms with E-state index in [2.05, 4.69) is 25.5 Å². The third-order valence-electron chi connectivity index (χ3n) is 3.66. The van der Waals surface area contributed by atoms with Crippen LogP contribution in [0, 0.1) is 0 Å². The molecule has 1 saturated heterocycles. The average Bonchev–Trinajstić information content (AvgIpc) is 3.19. The number of azo groups is 1. The Kier molecular flexibility index (Phi) is 3.12. The van der Waals surface area contributed by atoms with Gasteiger partial charge < -0.3 is 10.1 Å². The zero-order valence-corrected chi connectivity index (χ0v) is 11.7. The Labute approximate surface area is 126 Å². The summed E-state index contributed by atoms with van der Waals surface area (Å²) < 4.78 is 6.03. The van der Waals surface area contributed by atoms with Gasteiger partial charge in [-0.25, -0.2) is 9.78 Å². The molecule has 0 spiro atoms.